The first-order valence-corrected chi connectivity index (χ1v) is 6.23. The molecule has 0 bridgehead atoms. The quantitative estimate of drug-likeness (QED) is 0.880. The van der Waals surface area contributed by atoms with Gasteiger partial charge in [-0.2, -0.15) is 13.2 Å². The van der Waals surface area contributed by atoms with E-state index in [1.807, 2.05) is 0 Å². The van der Waals surface area contributed by atoms with Crippen molar-refractivity contribution >= 4 is 23.3 Å². The van der Waals surface area contributed by atoms with Gasteiger partial charge in [0.15, 0.2) is 5.69 Å². The largest absolute Gasteiger partial charge is 0.476 e. The number of hydrogen-bond acceptors (Lipinski definition) is 4. The highest BCUT2D eigenvalue weighted by Gasteiger charge is 2.32. The van der Waals surface area contributed by atoms with Gasteiger partial charge in [-0.25, -0.2) is 9.78 Å². The summed E-state index contributed by atoms with van der Waals surface area (Å²) in [5.41, 5.74) is 4.87. The van der Waals surface area contributed by atoms with Crippen LogP contribution in [0.5, 0.6) is 0 Å². The van der Waals surface area contributed by atoms with E-state index in [4.69, 9.17) is 22.4 Å². The van der Waals surface area contributed by atoms with Crippen molar-refractivity contribution in [3.63, 3.8) is 0 Å². The molecule has 0 atom stereocenters. The summed E-state index contributed by atoms with van der Waals surface area (Å²) in [5, 5.41) is 8.82. The average Bonchev–Trinajstić information content (AvgIpc) is 2.44. The van der Waals surface area contributed by atoms with Gasteiger partial charge in [-0.3, -0.25) is 4.98 Å². The number of aromatic nitrogens is 2. The van der Waals surface area contributed by atoms with Gasteiger partial charge in [0.2, 0.25) is 0 Å². The molecule has 116 valence electrons. The third-order valence-electron chi connectivity index (χ3n) is 2.96. The van der Waals surface area contributed by atoms with Crippen LogP contribution in [0.3, 0.4) is 0 Å². The van der Waals surface area contributed by atoms with Crippen molar-refractivity contribution in [1.82, 2.24) is 9.97 Å². The molecule has 0 radical (unpaired) electrons. The van der Waals surface area contributed by atoms with Gasteiger partial charge in [0.25, 0.3) is 0 Å². The molecule has 0 saturated heterocycles. The zero-order valence-corrected chi connectivity index (χ0v) is 11.8. The molecule has 0 saturated carbocycles. The van der Waals surface area contributed by atoms with E-state index in [2.05, 4.69) is 9.97 Å². The van der Waals surface area contributed by atoms with Gasteiger partial charge in [-0.05, 0) is 24.6 Å². The summed E-state index contributed by atoms with van der Waals surface area (Å²) in [6, 6.07) is 1.92. The Balaban J connectivity index is 2.60. The molecule has 0 aliphatic heterocycles. The lowest BCUT2D eigenvalue weighted by atomic mass is 10.1. The molecule has 0 aromatic carbocycles. The zero-order valence-electron chi connectivity index (χ0n) is 11.1. The van der Waals surface area contributed by atoms with Crippen LogP contribution in [0.1, 0.15) is 21.7 Å². The molecular formula is C13H9ClF3N3O2. The molecule has 0 amide bonds. The SMILES string of the molecule is Cc1c(-c2ccc(C(F)(F)F)nc2)nc(C(=O)O)c(Cl)c1N. The van der Waals surface area contributed by atoms with Crippen molar-refractivity contribution in [2.45, 2.75) is 13.1 Å². The predicted octanol–water partition coefficient (Wildman–Crippen LogP) is 3.40. The van der Waals surface area contributed by atoms with Crippen molar-refractivity contribution < 1.29 is 23.1 Å². The third kappa shape index (κ3) is 2.82. The van der Waals surface area contributed by atoms with Gasteiger partial charge in [0, 0.05) is 11.8 Å². The van der Waals surface area contributed by atoms with E-state index in [0.717, 1.165) is 18.3 Å². The number of nitrogen functional groups attached to an aromatic ring is 1. The topological polar surface area (TPSA) is 89.1 Å². The van der Waals surface area contributed by atoms with E-state index in [1.165, 1.54) is 6.92 Å². The molecule has 0 aliphatic carbocycles. The smallest absolute Gasteiger partial charge is 0.433 e. The Morgan fingerprint density at radius 3 is 2.45 bits per heavy atom. The number of aromatic carboxylic acids is 1. The van der Waals surface area contributed by atoms with E-state index < -0.39 is 23.5 Å². The monoisotopic (exact) mass is 331 g/mol. The van der Waals surface area contributed by atoms with Gasteiger partial charge in [-0.1, -0.05) is 11.6 Å². The maximum absolute atomic E-state index is 12.5. The summed E-state index contributed by atoms with van der Waals surface area (Å²) in [7, 11) is 0. The number of alkyl halides is 3. The van der Waals surface area contributed by atoms with Gasteiger partial charge in [0.1, 0.15) is 5.69 Å². The van der Waals surface area contributed by atoms with Gasteiger partial charge in [-0.15, -0.1) is 0 Å². The average molecular weight is 332 g/mol. The molecule has 9 heteroatoms. The van der Waals surface area contributed by atoms with E-state index in [0.29, 0.717) is 5.56 Å². The van der Waals surface area contributed by atoms with Gasteiger partial charge < -0.3 is 10.8 Å². The fraction of sp³-hybridized carbons (Fsp3) is 0.154. The molecule has 2 heterocycles. The number of nitrogens with zero attached hydrogens (tertiary/aromatic N) is 2. The van der Waals surface area contributed by atoms with Crippen molar-refractivity contribution in [2.75, 3.05) is 5.73 Å². The van der Waals surface area contributed by atoms with Crippen molar-refractivity contribution in [1.29, 1.82) is 0 Å². The highest BCUT2D eigenvalue weighted by Crippen LogP contribution is 2.34. The predicted molar refractivity (Wildman–Crippen MR) is 73.6 cm³/mol. The number of hydrogen-bond donors (Lipinski definition) is 2. The normalized spacial score (nSPS) is 11.5. The van der Waals surface area contributed by atoms with E-state index in [-0.39, 0.29) is 22.0 Å². The van der Waals surface area contributed by atoms with E-state index >= 15 is 0 Å². The summed E-state index contributed by atoms with van der Waals surface area (Å²) in [6.07, 6.45) is -3.61. The fourth-order valence-electron chi connectivity index (χ4n) is 1.79. The van der Waals surface area contributed by atoms with Crippen LogP contribution in [0.25, 0.3) is 11.3 Å². The van der Waals surface area contributed by atoms with Crippen LogP contribution in [-0.4, -0.2) is 21.0 Å². The minimum absolute atomic E-state index is 0.00367. The number of halogens is 4. The second-order valence-electron chi connectivity index (χ2n) is 4.40. The lowest BCUT2D eigenvalue weighted by Crippen LogP contribution is -2.09. The Kier molecular flexibility index (Phi) is 3.97. The number of carboxylic acid groups (broad SMARTS) is 1. The number of pyridine rings is 2. The molecule has 22 heavy (non-hydrogen) atoms. The van der Waals surface area contributed by atoms with Gasteiger partial charge in [0.05, 0.1) is 16.4 Å². The molecule has 0 unspecified atom stereocenters. The molecule has 0 fully saturated rings. The number of carboxylic acids is 1. The standard InChI is InChI=1S/C13H9ClF3N3O2/c1-5-9(18)8(14)11(12(21)22)20-10(5)6-2-3-7(19-4-6)13(15,16)17/h2-4H,1H3,(H2,18,20)(H,21,22). The third-order valence-corrected chi connectivity index (χ3v) is 3.34. The molecule has 3 N–H and O–H groups in total. The maximum Gasteiger partial charge on any atom is 0.433 e. The molecule has 2 aromatic rings. The molecular weight excluding hydrogens is 323 g/mol. The molecule has 2 aromatic heterocycles. The Morgan fingerprint density at radius 1 is 1.36 bits per heavy atom. The summed E-state index contributed by atoms with van der Waals surface area (Å²) >= 11 is 5.81. The summed E-state index contributed by atoms with van der Waals surface area (Å²) in [6.45, 7) is 1.53. The first kappa shape index (κ1) is 16.0. The molecule has 2 rings (SSSR count). The first-order chi connectivity index (χ1) is 10.1. The molecule has 0 aliphatic rings. The number of carbonyl (C=O) groups is 1. The Hall–Kier alpha value is -2.35. The minimum atomic E-state index is -4.56. The summed E-state index contributed by atoms with van der Waals surface area (Å²) in [5.74, 6) is -1.39. The van der Waals surface area contributed by atoms with Crippen LogP contribution in [0.15, 0.2) is 18.3 Å². The summed E-state index contributed by atoms with van der Waals surface area (Å²) in [4.78, 5) is 18.3. The van der Waals surface area contributed by atoms with E-state index in [9.17, 15) is 18.0 Å². The van der Waals surface area contributed by atoms with Crippen LogP contribution >= 0.6 is 11.6 Å². The van der Waals surface area contributed by atoms with E-state index in [1.54, 1.807) is 0 Å². The second kappa shape index (κ2) is 5.45. The van der Waals surface area contributed by atoms with Crippen LogP contribution in [0.4, 0.5) is 18.9 Å². The Bertz CT molecular complexity index is 746. The zero-order chi connectivity index (χ0) is 16.7. The maximum atomic E-state index is 12.5. The van der Waals surface area contributed by atoms with Crippen molar-refractivity contribution in [3.05, 3.63) is 40.3 Å². The summed E-state index contributed by atoms with van der Waals surface area (Å²) < 4.78 is 37.5. The fourth-order valence-corrected chi connectivity index (χ4v) is 2.05. The lowest BCUT2D eigenvalue weighted by Gasteiger charge is -2.12. The molecule has 5 nitrogen and oxygen atoms in total. The van der Waals surface area contributed by atoms with Crippen LogP contribution < -0.4 is 5.73 Å². The van der Waals surface area contributed by atoms with Crippen molar-refractivity contribution in [2.24, 2.45) is 0 Å². The minimum Gasteiger partial charge on any atom is -0.476 e. The number of rotatable bonds is 2. The Morgan fingerprint density at radius 2 is 2.00 bits per heavy atom. The lowest BCUT2D eigenvalue weighted by molar-refractivity contribution is -0.141. The van der Waals surface area contributed by atoms with Crippen LogP contribution in [0, 0.1) is 6.92 Å². The second-order valence-corrected chi connectivity index (χ2v) is 4.77. The number of nitrogens with two attached hydrogens (primary N) is 1. The Labute approximate surface area is 127 Å². The number of anilines is 1. The first-order valence-electron chi connectivity index (χ1n) is 5.85. The molecule has 0 spiro atoms. The highest BCUT2D eigenvalue weighted by atomic mass is 35.5. The van der Waals surface area contributed by atoms with Crippen molar-refractivity contribution in [3.8, 4) is 11.3 Å². The van der Waals surface area contributed by atoms with Gasteiger partial charge >= 0.3 is 12.1 Å². The highest BCUT2D eigenvalue weighted by molar-refractivity contribution is 6.36. The van der Waals surface area contributed by atoms with Crippen LogP contribution in [-0.2, 0) is 6.18 Å². The van der Waals surface area contributed by atoms with Crippen LogP contribution in [0.2, 0.25) is 5.02 Å².